The molecule has 3 nitrogen and oxygen atoms in total. The molecule has 0 aromatic heterocycles. The Bertz CT molecular complexity index is 583. The molecular weight excluding hydrogens is 304 g/mol. The van der Waals surface area contributed by atoms with Gasteiger partial charge >= 0.3 is 0 Å². The van der Waals surface area contributed by atoms with Crippen LogP contribution in [0.25, 0.3) is 12.2 Å². The van der Waals surface area contributed by atoms with Gasteiger partial charge in [-0.05, 0) is 15.6 Å². The third kappa shape index (κ3) is 4.65. The van der Waals surface area contributed by atoms with Crippen molar-refractivity contribution in [1.82, 2.24) is 0 Å². The zero-order valence-electron chi connectivity index (χ0n) is 11.0. The number of hydrogen-bond donors (Lipinski definition) is 0. The van der Waals surface area contributed by atoms with E-state index in [0.717, 1.165) is 10.5 Å². The van der Waals surface area contributed by atoms with Crippen LogP contribution in [-0.2, 0) is 12.3 Å². The van der Waals surface area contributed by atoms with Crippen molar-refractivity contribution < 1.29 is 12.3 Å². The topological polar surface area (TPSA) is 27.7 Å². The Labute approximate surface area is 123 Å². The van der Waals surface area contributed by atoms with Crippen molar-refractivity contribution in [2.24, 2.45) is 0 Å². The Morgan fingerprint density at radius 3 is 2.58 bits per heavy atom. The molecule has 0 atom stereocenters. The van der Waals surface area contributed by atoms with Crippen molar-refractivity contribution in [2.75, 3.05) is 0 Å². The lowest BCUT2D eigenvalue weighted by Crippen LogP contribution is -2.43. The first kappa shape index (κ1) is 14.6. The van der Waals surface area contributed by atoms with Crippen LogP contribution in [-0.4, -0.2) is 40.3 Å². The van der Waals surface area contributed by atoms with E-state index in [9.17, 15) is 0 Å². The van der Waals surface area contributed by atoms with Crippen LogP contribution in [0.2, 0.25) is 0 Å². The van der Waals surface area contributed by atoms with Crippen molar-refractivity contribution in [3.63, 3.8) is 0 Å². The van der Waals surface area contributed by atoms with Crippen molar-refractivity contribution in [3.05, 3.63) is 52.9 Å². The molecule has 0 aliphatic heterocycles. The average molecular weight is 323 g/mol. The average Bonchev–Trinajstić information content (AvgIpc) is 2.39. The third-order valence-electron chi connectivity index (χ3n) is 2.73. The predicted molar refractivity (Wildman–Crippen MR) is 91.4 cm³/mol. The van der Waals surface area contributed by atoms with E-state index in [1.165, 1.54) is 15.6 Å². The molecule has 0 radical (unpaired) electrons. The van der Waals surface area contributed by atoms with Gasteiger partial charge in [0.2, 0.25) is 0 Å². The fourth-order valence-electron chi connectivity index (χ4n) is 1.87. The highest BCUT2D eigenvalue weighted by Crippen LogP contribution is 1.84. The molecule has 1 aromatic rings. The molecule has 7 heteroatoms. The van der Waals surface area contributed by atoms with Crippen LogP contribution in [0.5, 0.6) is 0 Å². The smallest absolute Gasteiger partial charge is 0.284 e. The molecule has 1 aliphatic rings. The quantitative estimate of drug-likeness (QED) is 0.400. The van der Waals surface area contributed by atoms with Gasteiger partial charge in [-0.1, -0.05) is 54.7 Å². The minimum absolute atomic E-state index is 0.697. The Kier molecular flexibility index (Phi) is 6.43. The van der Waals surface area contributed by atoms with Crippen LogP contribution >= 0.6 is 0 Å². The lowest BCUT2D eigenvalue weighted by molar-refractivity contribution is 0.441. The predicted octanol–water partition coefficient (Wildman–Crippen LogP) is -3.59. The fraction of sp³-hybridized carbons (Fsp3) is 0. The van der Waals surface area contributed by atoms with Gasteiger partial charge < -0.3 is 12.3 Å². The Balaban J connectivity index is 2.12. The summed E-state index contributed by atoms with van der Waals surface area (Å²) in [4.78, 5) is 0. The van der Waals surface area contributed by atoms with Crippen LogP contribution in [0.4, 0.5) is 0 Å². The molecule has 0 bridgehead atoms. The van der Waals surface area contributed by atoms with E-state index in [1.54, 1.807) is 0 Å². The Morgan fingerprint density at radius 1 is 0.895 bits per heavy atom. The van der Waals surface area contributed by atoms with Gasteiger partial charge in [0.05, 0.1) is 0 Å². The molecule has 1 aliphatic carbocycles. The second-order valence-electron chi connectivity index (χ2n) is 4.10. The van der Waals surface area contributed by atoms with Gasteiger partial charge in [-0.2, -0.15) is 0 Å². The molecule has 0 spiro atoms. The molecule has 0 heterocycles. The van der Waals surface area contributed by atoms with E-state index in [0.29, 0.717) is 0 Å². The summed E-state index contributed by atoms with van der Waals surface area (Å²) in [7, 11) is -1.45. The lowest BCUT2D eigenvalue weighted by Gasteiger charge is -2.06. The summed E-state index contributed by atoms with van der Waals surface area (Å²) in [5, 5.41) is 3.90. The molecule has 0 amide bonds. The highest BCUT2D eigenvalue weighted by atomic mass is 28.4. The lowest BCUT2D eigenvalue weighted by atomic mass is 10.2. The molecule has 19 heavy (non-hydrogen) atoms. The molecule has 0 N–H and O–H groups in total. The minimum Gasteiger partial charge on any atom is -0.449 e. The number of hydrogen-bond acceptors (Lipinski definition) is 3. The molecule has 0 saturated carbocycles. The van der Waals surface area contributed by atoms with Crippen LogP contribution in [0, 0.1) is 0 Å². The second kappa shape index (κ2) is 8.38. The molecule has 0 unspecified atom stereocenters. The molecule has 1 aromatic carbocycles. The first-order valence-corrected chi connectivity index (χ1v) is 10.6. The van der Waals surface area contributed by atoms with Crippen molar-refractivity contribution in [1.29, 1.82) is 0 Å². The van der Waals surface area contributed by atoms with Gasteiger partial charge in [0, 0.05) is 0 Å². The zero-order valence-corrected chi connectivity index (χ0v) is 17.3. The van der Waals surface area contributed by atoms with Crippen LogP contribution in [0.1, 0.15) is 0 Å². The number of allylic oxidation sites excluding steroid dienone is 4. The van der Waals surface area contributed by atoms with Crippen LogP contribution in [0.15, 0.2) is 42.5 Å². The van der Waals surface area contributed by atoms with Gasteiger partial charge in [0.15, 0.2) is 9.76 Å². The monoisotopic (exact) mass is 322 g/mol. The van der Waals surface area contributed by atoms with Gasteiger partial charge in [-0.15, -0.1) is 0 Å². The summed E-state index contributed by atoms with van der Waals surface area (Å²) in [6, 6.07) is 6.42. The summed E-state index contributed by atoms with van der Waals surface area (Å²) >= 11 is 0. The second-order valence-corrected chi connectivity index (χ2v) is 11.2. The maximum absolute atomic E-state index is 5.81. The largest absolute Gasteiger partial charge is 0.449 e. The summed E-state index contributed by atoms with van der Waals surface area (Å²) in [6.45, 7) is 0. The van der Waals surface area contributed by atoms with Crippen molar-refractivity contribution >= 4 is 57.6 Å². The molecule has 2 rings (SSSR count). The van der Waals surface area contributed by atoms with E-state index in [-0.39, 0.29) is 0 Å². The molecule has 100 valence electrons. The SMILES string of the molecule is [SiH3]O[SiH2]O[SiH2]O[SiH2]c1cccc2/c1=C\C=C/C=C\C=2. The standard InChI is InChI=1S/C12H18O3Si4/c16-13-18-15-19-14-17-12-9-5-7-10-6-3-1-2-4-8-11(10)12/h1-9H,17-19H2,16H3/b2-1?,3-1-,4-2-,6-3?,8-4?,10-6-,11-8+. The summed E-state index contributed by atoms with van der Waals surface area (Å²) < 4.78 is 16.4. The minimum atomic E-state index is -0.819. The zero-order chi connectivity index (χ0) is 13.3. The first-order valence-electron chi connectivity index (χ1n) is 6.19. The summed E-state index contributed by atoms with van der Waals surface area (Å²) in [5.41, 5.74) is 0. The third-order valence-corrected chi connectivity index (χ3v) is 7.41. The summed E-state index contributed by atoms with van der Waals surface area (Å²) in [6.07, 6.45) is 12.5. The van der Waals surface area contributed by atoms with E-state index in [4.69, 9.17) is 12.3 Å². The van der Waals surface area contributed by atoms with E-state index in [2.05, 4.69) is 42.5 Å². The van der Waals surface area contributed by atoms with Gasteiger partial charge in [0.1, 0.15) is 10.5 Å². The molecular formula is C12H18O3Si4. The van der Waals surface area contributed by atoms with E-state index < -0.39 is 29.8 Å². The first-order chi connectivity index (χ1) is 9.42. The molecule has 0 fully saturated rings. The molecule has 0 saturated heterocycles. The van der Waals surface area contributed by atoms with Crippen molar-refractivity contribution in [2.45, 2.75) is 0 Å². The highest BCUT2D eigenvalue weighted by molar-refractivity contribution is 6.54. The van der Waals surface area contributed by atoms with Crippen LogP contribution in [0.3, 0.4) is 0 Å². The van der Waals surface area contributed by atoms with Gasteiger partial charge in [-0.25, -0.2) is 0 Å². The Morgan fingerprint density at radius 2 is 1.74 bits per heavy atom. The van der Waals surface area contributed by atoms with Gasteiger partial charge in [0.25, 0.3) is 20.0 Å². The van der Waals surface area contributed by atoms with Crippen molar-refractivity contribution in [3.8, 4) is 0 Å². The summed E-state index contributed by atoms with van der Waals surface area (Å²) in [5.74, 6) is 0. The van der Waals surface area contributed by atoms with E-state index in [1.807, 2.05) is 12.2 Å². The number of benzene rings is 1. The van der Waals surface area contributed by atoms with Gasteiger partial charge in [-0.3, -0.25) is 0 Å². The normalized spacial score (nSPS) is 22.1. The Hall–Kier alpha value is -0.812. The maximum atomic E-state index is 5.81. The van der Waals surface area contributed by atoms with E-state index >= 15 is 0 Å². The maximum Gasteiger partial charge on any atom is 0.284 e. The highest BCUT2D eigenvalue weighted by Gasteiger charge is 1.99. The fourth-order valence-corrected chi connectivity index (χ4v) is 7.77. The van der Waals surface area contributed by atoms with Crippen LogP contribution < -0.4 is 15.6 Å². The number of fused-ring (bicyclic) bond motifs is 1. The number of rotatable bonds is 6.